The molecule has 1 aliphatic heterocycles. The van der Waals surface area contributed by atoms with E-state index in [0.29, 0.717) is 37.5 Å². The van der Waals surface area contributed by atoms with Gasteiger partial charge in [-0.15, -0.1) is 11.3 Å². The van der Waals surface area contributed by atoms with Gasteiger partial charge in [0, 0.05) is 32.6 Å². The highest BCUT2D eigenvalue weighted by Gasteiger charge is 2.36. The van der Waals surface area contributed by atoms with Crippen LogP contribution in [0.1, 0.15) is 63.6 Å². The van der Waals surface area contributed by atoms with Gasteiger partial charge < -0.3 is 15.1 Å². The first-order chi connectivity index (χ1) is 13.7. The smallest absolute Gasteiger partial charge is 0.262 e. The summed E-state index contributed by atoms with van der Waals surface area (Å²) in [6.45, 7) is 12.6. The van der Waals surface area contributed by atoms with Crippen molar-refractivity contribution in [1.29, 1.82) is 0 Å². The third-order valence-corrected chi connectivity index (χ3v) is 6.29. The molecule has 1 aromatic rings. The van der Waals surface area contributed by atoms with Crippen LogP contribution in [0.25, 0.3) is 0 Å². The Morgan fingerprint density at radius 3 is 2.31 bits per heavy atom. The summed E-state index contributed by atoms with van der Waals surface area (Å²) in [6, 6.07) is 3.05. The van der Waals surface area contributed by atoms with Crippen LogP contribution in [-0.2, 0) is 9.59 Å². The molecule has 29 heavy (non-hydrogen) atoms. The molecule has 7 heteroatoms. The zero-order chi connectivity index (χ0) is 21.6. The molecule has 1 aliphatic rings. The van der Waals surface area contributed by atoms with Crippen LogP contribution in [0.5, 0.6) is 0 Å². The van der Waals surface area contributed by atoms with E-state index in [9.17, 15) is 14.4 Å². The minimum Gasteiger partial charge on any atom is -0.343 e. The van der Waals surface area contributed by atoms with Crippen molar-refractivity contribution in [1.82, 2.24) is 15.1 Å². The standard InChI is InChI=1S/C22H35N3O3S/c1-6-24(7-2)21(28)19(23-20(27)17-9-8-14-29-17)16-10-12-25(13-11-16)18(26)15-22(3,4)5/h8-9,14,16,19H,6-7,10-13,15H2,1-5H3,(H,23,27)/t19-/m0/s1. The number of nitrogens with one attached hydrogen (secondary N) is 1. The van der Waals surface area contributed by atoms with E-state index < -0.39 is 6.04 Å². The van der Waals surface area contributed by atoms with E-state index >= 15 is 0 Å². The molecule has 1 atom stereocenters. The fraction of sp³-hybridized carbons (Fsp3) is 0.682. The normalized spacial score (nSPS) is 16.4. The Kier molecular flexibility index (Phi) is 8.25. The van der Waals surface area contributed by atoms with Gasteiger partial charge in [-0.2, -0.15) is 0 Å². The molecule has 0 bridgehead atoms. The van der Waals surface area contributed by atoms with Gasteiger partial charge in [-0.25, -0.2) is 0 Å². The van der Waals surface area contributed by atoms with Crippen molar-refractivity contribution in [2.75, 3.05) is 26.2 Å². The van der Waals surface area contributed by atoms with Gasteiger partial charge in [0.15, 0.2) is 0 Å². The lowest BCUT2D eigenvalue weighted by atomic mass is 9.87. The summed E-state index contributed by atoms with van der Waals surface area (Å²) in [4.78, 5) is 42.6. The summed E-state index contributed by atoms with van der Waals surface area (Å²) in [7, 11) is 0. The van der Waals surface area contributed by atoms with Crippen molar-refractivity contribution in [3.63, 3.8) is 0 Å². The number of amides is 3. The van der Waals surface area contributed by atoms with E-state index in [2.05, 4.69) is 26.1 Å². The average Bonchev–Trinajstić information content (AvgIpc) is 3.20. The van der Waals surface area contributed by atoms with Crippen molar-refractivity contribution >= 4 is 29.1 Å². The third-order valence-electron chi connectivity index (χ3n) is 5.42. The number of likely N-dealkylation sites (N-methyl/N-ethyl adjacent to an activating group) is 1. The maximum Gasteiger partial charge on any atom is 0.262 e. The van der Waals surface area contributed by atoms with Crippen LogP contribution in [-0.4, -0.2) is 59.7 Å². The average molecular weight is 422 g/mol. The van der Waals surface area contributed by atoms with Gasteiger partial charge in [0.25, 0.3) is 5.91 Å². The monoisotopic (exact) mass is 421 g/mol. The number of carbonyl (C=O) groups is 3. The highest BCUT2D eigenvalue weighted by molar-refractivity contribution is 7.12. The number of carbonyl (C=O) groups excluding carboxylic acids is 3. The van der Waals surface area contributed by atoms with Crippen LogP contribution in [0.4, 0.5) is 0 Å². The lowest BCUT2D eigenvalue weighted by Gasteiger charge is -2.38. The Bertz CT molecular complexity index is 685. The molecule has 2 rings (SSSR count). The van der Waals surface area contributed by atoms with Crippen molar-refractivity contribution in [2.24, 2.45) is 11.3 Å². The molecule has 1 fully saturated rings. The van der Waals surface area contributed by atoms with Crippen LogP contribution in [0.3, 0.4) is 0 Å². The highest BCUT2D eigenvalue weighted by Crippen LogP contribution is 2.26. The lowest BCUT2D eigenvalue weighted by molar-refractivity contribution is -0.136. The molecule has 2 heterocycles. The summed E-state index contributed by atoms with van der Waals surface area (Å²) in [5.41, 5.74) is -0.0378. The minimum absolute atomic E-state index is 0.0284. The number of nitrogens with zero attached hydrogens (tertiary/aromatic N) is 2. The zero-order valence-electron chi connectivity index (χ0n) is 18.4. The third kappa shape index (κ3) is 6.56. The van der Waals surface area contributed by atoms with Gasteiger partial charge in [-0.1, -0.05) is 26.8 Å². The molecule has 0 radical (unpaired) electrons. The Balaban J connectivity index is 2.08. The molecule has 0 aromatic carbocycles. The van der Waals surface area contributed by atoms with Crippen molar-refractivity contribution < 1.29 is 14.4 Å². The Morgan fingerprint density at radius 1 is 1.21 bits per heavy atom. The van der Waals surface area contributed by atoms with E-state index in [1.807, 2.05) is 30.2 Å². The van der Waals surface area contributed by atoms with Gasteiger partial charge in [-0.05, 0) is 49.5 Å². The number of hydrogen-bond acceptors (Lipinski definition) is 4. The minimum atomic E-state index is -0.552. The van der Waals surface area contributed by atoms with Crippen molar-refractivity contribution in [3.05, 3.63) is 22.4 Å². The second-order valence-corrected chi connectivity index (χ2v) is 9.84. The lowest BCUT2D eigenvalue weighted by Crippen LogP contribution is -2.54. The fourth-order valence-corrected chi connectivity index (χ4v) is 4.41. The first-order valence-corrected chi connectivity index (χ1v) is 11.4. The molecule has 0 spiro atoms. The van der Waals surface area contributed by atoms with E-state index in [0.717, 1.165) is 12.8 Å². The van der Waals surface area contributed by atoms with Gasteiger partial charge >= 0.3 is 0 Å². The van der Waals surface area contributed by atoms with Crippen LogP contribution in [0.2, 0.25) is 0 Å². The maximum absolute atomic E-state index is 13.1. The SMILES string of the molecule is CCN(CC)C(=O)[C@@H](NC(=O)c1cccs1)C1CCN(C(=O)CC(C)(C)C)CC1. The summed E-state index contributed by atoms with van der Waals surface area (Å²) < 4.78 is 0. The number of piperidine rings is 1. The molecular weight excluding hydrogens is 386 g/mol. The van der Waals surface area contributed by atoms with Crippen LogP contribution < -0.4 is 5.32 Å². The van der Waals surface area contributed by atoms with Crippen molar-refractivity contribution in [3.8, 4) is 0 Å². The molecule has 1 N–H and O–H groups in total. The predicted octanol–water partition coefficient (Wildman–Crippen LogP) is 3.39. The molecule has 3 amide bonds. The van der Waals surface area contributed by atoms with Crippen LogP contribution >= 0.6 is 11.3 Å². The predicted molar refractivity (Wildman–Crippen MR) is 117 cm³/mol. The van der Waals surface area contributed by atoms with Crippen LogP contribution in [0, 0.1) is 11.3 Å². The maximum atomic E-state index is 13.1. The Labute approximate surface area is 178 Å². The quantitative estimate of drug-likeness (QED) is 0.734. The number of likely N-dealkylation sites (tertiary alicyclic amines) is 1. The molecule has 1 aromatic heterocycles. The van der Waals surface area contributed by atoms with E-state index in [4.69, 9.17) is 0 Å². The summed E-state index contributed by atoms with van der Waals surface area (Å²) in [5.74, 6) is -0.0213. The largest absolute Gasteiger partial charge is 0.343 e. The van der Waals surface area contributed by atoms with E-state index in [-0.39, 0.29) is 29.1 Å². The van der Waals surface area contributed by atoms with Gasteiger partial charge in [0.05, 0.1) is 4.88 Å². The zero-order valence-corrected chi connectivity index (χ0v) is 19.2. The number of hydrogen-bond donors (Lipinski definition) is 1. The molecule has 162 valence electrons. The highest BCUT2D eigenvalue weighted by atomic mass is 32.1. The van der Waals surface area contributed by atoms with Gasteiger partial charge in [-0.3, -0.25) is 14.4 Å². The van der Waals surface area contributed by atoms with Crippen LogP contribution in [0.15, 0.2) is 17.5 Å². The molecule has 0 unspecified atom stereocenters. The Hall–Kier alpha value is -1.89. The molecule has 1 saturated heterocycles. The topological polar surface area (TPSA) is 69.7 Å². The first kappa shape index (κ1) is 23.4. The summed E-state index contributed by atoms with van der Waals surface area (Å²) in [6.07, 6.45) is 1.96. The fourth-order valence-electron chi connectivity index (χ4n) is 3.78. The number of rotatable bonds is 7. The summed E-state index contributed by atoms with van der Waals surface area (Å²) >= 11 is 1.37. The second kappa shape index (κ2) is 10.2. The first-order valence-electron chi connectivity index (χ1n) is 10.6. The molecule has 0 saturated carbocycles. The molecule has 0 aliphatic carbocycles. The summed E-state index contributed by atoms with van der Waals surface area (Å²) in [5, 5.41) is 4.85. The van der Waals surface area contributed by atoms with Crippen molar-refractivity contribution in [2.45, 2.75) is 59.9 Å². The number of thiophene rings is 1. The van der Waals surface area contributed by atoms with Gasteiger partial charge in [0.1, 0.15) is 6.04 Å². The Morgan fingerprint density at radius 2 is 1.83 bits per heavy atom. The molecular formula is C22H35N3O3S. The van der Waals surface area contributed by atoms with E-state index in [1.165, 1.54) is 11.3 Å². The molecule has 6 nitrogen and oxygen atoms in total. The van der Waals surface area contributed by atoms with Gasteiger partial charge in [0.2, 0.25) is 11.8 Å². The second-order valence-electron chi connectivity index (χ2n) is 8.89. The van der Waals surface area contributed by atoms with E-state index in [1.54, 1.807) is 11.0 Å².